The number of benzene rings is 2. The molecule has 6 heteroatoms. The number of hydrogen-bond acceptors (Lipinski definition) is 2. The molecule has 0 saturated carbocycles. The molecule has 0 heterocycles. The van der Waals surface area contributed by atoms with Crippen molar-refractivity contribution in [1.82, 2.24) is 10.6 Å². The third-order valence-electron chi connectivity index (χ3n) is 2.95. The lowest BCUT2D eigenvalue weighted by atomic mass is 10.2. The Hall–Kier alpha value is -2.76. The molecule has 2 rings (SSSR count). The van der Waals surface area contributed by atoms with Crippen LogP contribution in [0.15, 0.2) is 48.5 Å². The summed E-state index contributed by atoms with van der Waals surface area (Å²) in [5, 5.41) is 4.90. The van der Waals surface area contributed by atoms with Gasteiger partial charge in [-0.2, -0.15) is 0 Å². The summed E-state index contributed by atoms with van der Waals surface area (Å²) in [6.45, 7) is -0.206. The average Bonchev–Trinajstić information content (AvgIpc) is 2.52. The Balaban J connectivity index is 1.79. The van der Waals surface area contributed by atoms with Gasteiger partial charge in [0.1, 0.15) is 11.6 Å². The average molecular weight is 304 g/mol. The third kappa shape index (κ3) is 4.37. The summed E-state index contributed by atoms with van der Waals surface area (Å²) in [4.78, 5) is 23.3. The van der Waals surface area contributed by atoms with Crippen LogP contribution in [-0.4, -0.2) is 18.4 Å². The normalized spacial score (nSPS) is 10.1. The Morgan fingerprint density at radius 3 is 2.27 bits per heavy atom. The van der Waals surface area contributed by atoms with Crippen molar-refractivity contribution in [3.8, 4) is 0 Å². The lowest BCUT2D eigenvalue weighted by Gasteiger charge is -2.07. The highest BCUT2D eigenvalue weighted by molar-refractivity contribution is 5.96. The van der Waals surface area contributed by atoms with Gasteiger partial charge in [0.25, 0.3) is 5.91 Å². The van der Waals surface area contributed by atoms with E-state index in [4.69, 9.17) is 0 Å². The Bertz CT molecular complexity index is 672. The molecule has 0 fully saturated rings. The standard InChI is InChI=1S/C16H14F2N2O2/c17-13-7-5-11(6-8-13)16(22)20-10-15(21)19-9-12-3-1-2-4-14(12)18/h1-8H,9-10H2,(H,19,21)(H,20,22). The van der Waals surface area contributed by atoms with Gasteiger partial charge in [0, 0.05) is 17.7 Å². The maximum absolute atomic E-state index is 13.4. The second-order valence-electron chi connectivity index (χ2n) is 4.56. The SMILES string of the molecule is O=C(CNC(=O)c1ccc(F)cc1)NCc1ccccc1F. The molecule has 2 amide bonds. The molecular weight excluding hydrogens is 290 g/mol. The first kappa shape index (κ1) is 15.6. The summed E-state index contributed by atoms with van der Waals surface area (Å²) >= 11 is 0. The summed E-state index contributed by atoms with van der Waals surface area (Å²) in [6, 6.07) is 11.1. The molecule has 0 atom stereocenters. The van der Waals surface area contributed by atoms with E-state index in [9.17, 15) is 18.4 Å². The Morgan fingerprint density at radius 2 is 1.59 bits per heavy atom. The van der Waals surface area contributed by atoms with Crippen LogP contribution >= 0.6 is 0 Å². The lowest BCUT2D eigenvalue weighted by molar-refractivity contribution is -0.120. The first-order valence-electron chi connectivity index (χ1n) is 6.60. The van der Waals surface area contributed by atoms with E-state index in [1.54, 1.807) is 18.2 Å². The molecule has 0 aliphatic rings. The maximum atomic E-state index is 13.4. The first-order chi connectivity index (χ1) is 10.6. The van der Waals surface area contributed by atoms with Crippen molar-refractivity contribution in [3.63, 3.8) is 0 Å². The van der Waals surface area contributed by atoms with Crippen molar-refractivity contribution in [2.45, 2.75) is 6.54 Å². The molecule has 4 nitrogen and oxygen atoms in total. The summed E-state index contributed by atoms with van der Waals surface area (Å²) < 4.78 is 26.1. The minimum Gasteiger partial charge on any atom is -0.350 e. The zero-order valence-electron chi connectivity index (χ0n) is 11.6. The minimum absolute atomic E-state index is 0.0396. The number of carbonyl (C=O) groups is 2. The number of halogens is 2. The van der Waals surface area contributed by atoms with Crippen molar-refractivity contribution in [1.29, 1.82) is 0 Å². The lowest BCUT2D eigenvalue weighted by Crippen LogP contribution is -2.36. The molecule has 114 valence electrons. The highest BCUT2D eigenvalue weighted by Gasteiger charge is 2.08. The molecule has 22 heavy (non-hydrogen) atoms. The highest BCUT2D eigenvalue weighted by Crippen LogP contribution is 2.05. The third-order valence-corrected chi connectivity index (χ3v) is 2.95. The quantitative estimate of drug-likeness (QED) is 0.888. The highest BCUT2D eigenvalue weighted by atomic mass is 19.1. The molecule has 2 aromatic carbocycles. The topological polar surface area (TPSA) is 58.2 Å². The van der Waals surface area contributed by atoms with Gasteiger partial charge >= 0.3 is 0 Å². The molecule has 0 radical (unpaired) electrons. The molecule has 0 unspecified atom stereocenters. The van der Waals surface area contributed by atoms with Gasteiger partial charge in [0.15, 0.2) is 0 Å². The first-order valence-corrected chi connectivity index (χ1v) is 6.60. The van der Waals surface area contributed by atoms with Crippen LogP contribution in [0.5, 0.6) is 0 Å². The van der Waals surface area contributed by atoms with Crippen molar-refractivity contribution < 1.29 is 18.4 Å². The van der Waals surface area contributed by atoms with Crippen molar-refractivity contribution in [3.05, 3.63) is 71.3 Å². The molecule has 0 saturated heterocycles. The van der Waals surface area contributed by atoms with Crippen LogP contribution in [0.25, 0.3) is 0 Å². The monoisotopic (exact) mass is 304 g/mol. The maximum Gasteiger partial charge on any atom is 0.251 e. The fraction of sp³-hybridized carbons (Fsp3) is 0.125. The predicted molar refractivity (Wildman–Crippen MR) is 77.0 cm³/mol. The summed E-state index contributed by atoms with van der Waals surface area (Å²) in [5.74, 6) is -1.78. The molecule has 0 spiro atoms. The zero-order valence-corrected chi connectivity index (χ0v) is 11.6. The van der Waals surface area contributed by atoms with Crippen LogP contribution in [0, 0.1) is 11.6 Å². The van der Waals surface area contributed by atoms with Gasteiger partial charge in [-0.3, -0.25) is 9.59 Å². The Kier molecular flexibility index (Phi) is 5.19. The van der Waals surface area contributed by atoms with Crippen LogP contribution in [0.3, 0.4) is 0 Å². The molecule has 2 N–H and O–H groups in total. The largest absolute Gasteiger partial charge is 0.350 e. The number of amides is 2. The van der Waals surface area contributed by atoms with E-state index in [2.05, 4.69) is 10.6 Å². The number of nitrogens with one attached hydrogen (secondary N) is 2. The molecule has 2 aromatic rings. The van der Waals surface area contributed by atoms with E-state index in [0.29, 0.717) is 5.56 Å². The fourth-order valence-electron chi connectivity index (χ4n) is 1.76. The van der Waals surface area contributed by atoms with Crippen LogP contribution in [-0.2, 0) is 11.3 Å². The van der Waals surface area contributed by atoms with Gasteiger partial charge in [-0.05, 0) is 30.3 Å². The van der Waals surface area contributed by atoms with E-state index in [1.807, 2.05) is 0 Å². The van der Waals surface area contributed by atoms with Crippen LogP contribution < -0.4 is 10.6 Å². The van der Waals surface area contributed by atoms with Crippen LogP contribution in [0.2, 0.25) is 0 Å². The minimum atomic E-state index is -0.485. The van der Waals surface area contributed by atoms with E-state index in [1.165, 1.54) is 18.2 Å². The van der Waals surface area contributed by atoms with Gasteiger partial charge in [-0.15, -0.1) is 0 Å². The van der Waals surface area contributed by atoms with Crippen LogP contribution in [0.1, 0.15) is 15.9 Å². The van der Waals surface area contributed by atoms with Crippen molar-refractivity contribution in [2.24, 2.45) is 0 Å². The number of rotatable bonds is 5. The van der Waals surface area contributed by atoms with E-state index in [0.717, 1.165) is 12.1 Å². The van der Waals surface area contributed by atoms with Crippen molar-refractivity contribution in [2.75, 3.05) is 6.54 Å². The number of carbonyl (C=O) groups excluding carboxylic acids is 2. The van der Waals surface area contributed by atoms with Crippen molar-refractivity contribution >= 4 is 11.8 Å². The van der Waals surface area contributed by atoms with E-state index >= 15 is 0 Å². The van der Waals surface area contributed by atoms with Gasteiger partial charge in [-0.1, -0.05) is 18.2 Å². The summed E-state index contributed by atoms with van der Waals surface area (Å²) in [6.07, 6.45) is 0. The second kappa shape index (κ2) is 7.31. The number of hydrogen-bond donors (Lipinski definition) is 2. The zero-order chi connectivity index (χ0) is 15.9. The fourth-order valence-corrected chi connectivity index (χ4v) is 1.76. The Labute approximate surface area is 126 Å². The summed E-state index contributed by atoms with van der Waals surface area (Å²) in [7, 11) is 0. The Morgan fingerprint density at radius 1 is 0.909 bits per heavy atom. The van der Waals surface area contributed by atoms with Gasteiger partial charge < -0.3 is 10.6 Å². The van der Waals surface area contributed by atoms with Crippen LogP contribution in [0.4, 0.5) is 8.78 Å². The van der Waals surface area contributed by atoms with Gasteiger partial charge in [-0.25, -0.2) is 8.78 Å². The molecule has 0 bridgehead atoms. The van der Waals surface area contributed by atoms with Gasteiger partial charge in [0.05, 0.1) is 6.54 Å². The molecule has 0 aliphatic carbocycles. The van der Waals surface area contributed by atoms with E-state index < -0.39 is 23.4 Å². The molecule has 0 aromatic heterocycles. The second-order valence-corrected chi connectivity index (χ2v) is 4.56. The van der Waals surface area contributed by atoms with E-state index in [-0.39, 0.29) is 18.7 Å². The predicted octanol–water partition coefficient (Wildman–Crippen LogP) is 2.01. The smallest absolute Gasteiger partial charge is 0.251 e. The molecular formula is C16H14F2N2O2. The van der Waals surface area contributed by atoms with Gasteiger partial charge in [0.2, 0.25) is 5.91 Å². The summed E-state index contributed by atoms with van der Waals surface area (Å²) in [5.41, 5.74) is 0.615. The molecule has 0 aliphatic heterocycles.